The Bertz CT molecular complexity index is 461. The number of primary sulfonamides is 1. The van der Waals surface area contributed by atoms with E-state index < -0.39 is 10.0 Å². The minimum Gasteiger partial charge on any atom is -0.225 e. The molecule has 4 nitrogen and oxygen atoms in total. The van der Waals surface area contributed by atoms with Crippen LogP contribution in [0, 0.1) is 0 Å². The molecule has 0 aliphatic heterocycles. The second-order valence-corrected chi connectivity index (χ2v) is 3.99. The van der Waals surface area contributed by atoms with Gasteiger partial charge in [-0.25, -0.2) is 13.6 Å². The van der Waals surface area contributed by atoms with Crippen LogP contribution in [0.2, 0.25) is 0 Å². The van der Waals surface area contributed by atoms with Gasteiger partial charge in [-0.1, -0.05) is 6.07 Å². The fourth-order valence-corrected chi connectivity index (χ4v) is 1.44. The summed E-state index contributed by atoms with van der Waals surface area (Å²) in [6.07, 6.45) is 0. The number of hydrogen-bond acceptors (Lipinski definition) is 4. The summed E-state index contributed by atoms with van der Waals surface area (Å²) >= 11 is 4.37. The van der Waals surface area contributed by atoms with Gasteiger partial charge < -0.3 is 0 Å². The molecule has 0 aromatic heterocycles. The van der Waals surface area contributed by atoms with Crippen LogP contribution in [0.1, 0.15) is 0 Å². The molecule has 0 bridgehead atoms. The molecule has 1 rings (SSSR count). The molecule has 0 saturated carbocycles. The van der Waals surface area contributed by atoms with Gasteiger partial charge in [-0.3, -0.25) is 0 Å². The van der Waals surface area contributed by atoms with Crippen molar-refractivity contribution in [2.45, 2.75) is 4.90 Å². The molecular weight excluding hydrogens is 208 g/mol. The predicted molar refractivity (Wildman–Crippen MR) is 52.5 cm³/mol. The van der Waals surface area contributed by atoms with Crippen molar-refractivity contribution < 1.29 is 8.42 Å². The van der Waals surface area contributed by atoms with Crippen molar-refractivity contribution in [3.63, 3.8) is 0 Å². The van der Waals surface area contributed by atoms with Crippen LogP contribution in [0.15, 0.2) is 34.2 Å². The summed E-state index contributed by atoms with van der Waals surface area (Å²) < 4.78 is 21.8. The average molecular weight is 214 g/mol. The molecule has 1 aromatic carbocycles. The van der Waals surface area contributed by atoms with Crippen LogP contribution in [0.4, 0.5) is 5.69 Å². The second kappa shape index (κ2) is 3.76. The lowest BCUT2D eigenvalue weighted by Gasteiger charge is -1.97. The number of nitrogens with zero attached hydrogens (tertiary/aromatic N) is 1. The summed E-state index contributed by atoms with van der Waals surface area (Å²) in [5.74, 6) is 0. The van der Waals surface area contributed by atoms with Crippen LogP contribution in [-0.2, 0) is 10.0 Å². The Hall–Kier alpha value is -1.07. The number of isothiocyanates is 1. The number of hydrogen-bond donors (Lipinski definition) is 1. The lowest BCUT2D eigenvalue weighted by molar-refractivity contribution is 0.598. The second-order valence-electron chi connectivity index (χ2n) is 2.25. The topological polar surface area (TPSA) is 72.5 Å². The number of nitrogens with two attached hydrogens (primary N) is 1. The van der Waals surface area contributed by atoms with Crippen molar-refractivity contribution in [1.82, 2.24) is 0 Å². The Morgan fingerprint density at radius 3 is 2.69 bits per heavy atom. The number of sulfonamides is 1. The molecule has 68 valence electrons. The summed E-state index contributed by atoms with van der Waals surface area (Å²) in [7, 11) is -3.67. The third-order valence-electron chi connectivity index (χ3n) is 1.32. The van der Waals surface area contributed by atoms with Crippen LogP contribution in [0.25, 0.3) is 0 Å². The molecule has 0 saturated heterocycles. The number of rotatable bonds is 2. The molecule has 0 amide bonds. The highest BCUT2D eigenvalue weighted by atomic mass is 32.2. The highest BCUT2D eigenvalue weighted by molar-refractivity contribution is 7.89. The molecule has 0 aliphatic rings. The molecule has 0 atom stereocenters. The first kappa shape index (κ1) is 10.0. The van der Waals surface area contributed by atoms with Crippen LogP contribution in [-0.4, -0.2) is 13.6 Å². The van der Waals surface area contributed by atoms with Gasteiger partial charge >= 0.3 is 0 Å². The Morgan fingerprint density at radius 2 is 2.15 bits per heavy atom. The van der Waals surface area contributed by atoms with Gasteiger partial charge in [-0.15, -0.1) is 0 Å². The highest BCUT2D eigenvalue weighted by Gasteiger charge is 2.06. The van der Waals surface area contributed by atoms with Gasteiger partial charge in [0.2, 0.25) is 10.0 Å². The van der Waals surface area contributed by atoms with E-state index in [4.69, 9.17) is 5.14 Å². The smallest absolute Gasteiger partial charge is 0.225 e. The standard InChI is InChI=1S/C7H6N2O2S2/c8-13(10,11)7-3-1-2-6(4-7)9-5-12/h1-4H,(H2,8,10,11). The van der Waals surface area contributed by atoms with Gasteiger partial charge in [0.25, 0.3) is 0 Å². The lowest BCUT2D eigenvalue weighted by Crippen LogP contribution is -2.11. The van der Waals surface area contributed by atoms with Gasteiger partial charge in [0, 0.05) is 0 Å². The normalized spacial score (nSPS) is 10.5. The van der Waals surface area contributed by atoms with Gasteiger partial charge in [-0.2, -0.15) is 4.99 Å². The first-order valence-corrected chi connectivity index (χ1v) is 5.20. The fraction of sp³-hybridized carbons (Fsp3) is 0. The maximum Gasteiger partial charge on any atom is 0.238 e. The van der Waals surface area contributed by atoms with E-state index in [0.717, 1.165) is 0 Å². The summed E-state index contributed by atoms with van der Waals surface area (Å²) in [5, 5.41) is 7.04. The van der Waals surface area contributed by atoms with Gasteiger partial charge in [-0.05, 0) is 30.4 Å². The van der Waals surface area contributed by atoms with Crippen LogP contribution in [0.3, 0.4) is 0 Å². The number of benzene rings is 1. The summed E-state index contributed by atoms with van der Waals surface area (Å²) in [5.41, 5.74) is 0.418. The molecular formula is C7H6N2O2S2. The van der Waals surface area contributed by atoms with E-state index >= 15 is 0 Å². The van der Waals surface area contributed by atoms with Crippen molar-refractivity contribution in [2.24, 2.45) is 10.1 Å². The summed E-state index contributed by atoms with van der Waals surface area (Å²) in [4.78, 5) is 3.64. The van der Waals surface area contributed by atoms with Gasteiger partial charge in [0.1, 0.15) is 0 Å². The Labute approximate surface area is 81.2 Å². The summed E-state index contributed by atoms with van der Waals surface area (Å²) in [6, 6.07) is 5.85. The van der Waals surface area contributed by atoms with E-state index in [1.54, 1.807) is 6.07 Å². The zero-order valence-corrected chi connectivity index (χ0v) is 8.10. The molecule has 1 aromatic rings. The predicted octanol–water partition coefficient (Wildman–Crippen LogP) is 1.07. The molecule has 0 fully saturated rings. The SMILES string of the molecule is NS(=O)(=O)c1cccc(N=C=S)c1. The molecule has 0 spiro atoms. The maximum atomic E-state index is 10.9. The van der Waals surface area contributed by atoms with Crippen molar-refractivity contribution in [2.75, 3.05) is 0 Å². The molecule has 2 N–H and O–H groups in total. The van der Waals surface area contributed by atoms with E-state index in [0.29, 0.717) is 5.69 Å². The van der Waals surface area contributed by atoms with Gasteiger partial charge in [0.15, 0.2) is 0 Å². The fourth-order valence-electron chi connectivity index (χ4n) is 0.783. The lowest BCUT2D eigenvalue weighted by atomic mass is 10.3. The molecule has 13 heavy (non-hydrogen) atoms. The first-order chi connectivity index (χ1) is 6.04. The zero-order chi connectivity index (χ0) is 9.90. The van der Waals surface area contributed by atoms with Crippen LogP contribution in [0.5, 0.6) is 0 Å². The van der Waals surface area contributed by atoms with Crippen molar-refractivity contribution in [1.29, 1.82) is 0 Å². The monoisotopic (exact) mass is 214 g/mol. The Morgan fingerprint density at radius 1 is 1.46 bits per heavy atom. The van der Waals surface area contributed by atoms with Crippen molar-refractivity contribution in [3.05, 3.63) is 24.3 Å². The first-order valence-electron chi connectivity index (χ1n) is 3.25. The largest absolute Gasteiger partial charge is 0.238 e. The quantitative estimate of drug-likeness (QED) is 0.591. The van der Waals surface area contributed by atoms with Gasteiger partial charge in [0.05, 0.1) is 15.7 Å². The summed E-state index contributed by atoms with van der Waals surface area (Å²) in [6.45, 7) is 0. The number of aliphatic imine (C=N–C) groups is 1. The third kappa shape index (κ3) is 2.71. The van der Waals surface area contributed by atoms with E-state index in [1.165, 1.54) is 18.2 Å². The Kier molecular flexibility index (Phi) is 2.90. The van der Waals surface area contributed by atoms with Crippen molar-refractivity contribution in [3.8, 4) is 0 Å². The minimum absolute atomic E-state index is 0.0130. The number of thiocarbonyl (C=S) groups is 1. The molecule has 0 aliphatic carbocycles. The molecule has 6 heteroatoms. The highest BCUT2D eigenvalue weighted by Crippen LogP contribution is 2.15. The zero-order valence-electron chi connectivity index (χ0n) is 6.47. The molecule has 0 unspecified atom stereocenters. The minimum atomic E-state index is -3.67. The van der Waals surface area contributed by atoms with E-state index in [-0.39, 0.29) is 4.90 Å². The van der Waals surface area contributed by atoms with E-state index in [9.17, 15) is 8.42 Å². The van der Waals surface area contributed by atoms with Crippen LogP contribution < -0.4 is 5.14 Å². The average Bonchev–Trinajstić information content (AvgIpc) is 2.04. The molecule has 0 heterocycles. The van der Waals surface area contributed by atoms with E-state index in [2.05, 4.69) is 22.4 Å². The van der Waals surface area contributed by atoms with Crippen molar-refractivity contribution >= 4 is 33.1 Å². The van der Waals surface area contributed by atoms with Crippen LogP contribution >= 0.6 is 12.2 Å². The third-order valence-corrected chi connectivity index (χ3v) is 2.32. The Balaban J connectivity index is 3.28. The molecule has 0 radical (unpaired) electrons. The van der Waals surface area contributed by atoms with E-state index in [1.807, 2.05) is 0 Å². The maximum absolute atomic E-state index is 10.9.